The Morgan fingerprint density at radius 2 is 1.92 bits per heavy atom. The number of rotatable bonds is 8. The maximum Gasteiger partial charge on any atom is 0.230 e. The number of carbonyl (C=O) groups excluding carboxylic acids is 1. The van der Waals surface area contributed by atoms with Crippen molar-refractivity contribution >= 4 is 40.9 Å². The average Bonchev–Trinajstić information content (AvgIpc) is 2.56. The van der Waals surface area contributed by atoms with Crippen LogP contribution in [0.1, 0.15) is 11.1 Å². The topological polar surface area (TPSA) is 38.3 Å². The second-order valence-corrected chi connectivity index (χ2v) is 7.06. The van der Waals surface area contributed by atoms with Crippen molar-refractivity contribution in [1.82, 2.24) is 5.32 Å². The van der Waals surface area contributed by atoms with Crippen LogP contribution in [0.4, 0.5) is 0 Å². The molecule has 0 aliphatic rings. The Hall–Kier alpha value is -1.36. The van der Waals surface area contributed by atoms with Gasteiger partial charge < -0.3 is 10.1 Å². The van der Waals surface area contributed by atoms with Crippen LogP contribution in [-0.2, 0) is 10.5 Å². The number of hydrogen-bond donors (Lipinski definition) is 1. The Bertz CT molecular complexity index is 677. The minimum absolute atomic E-state index is 0.000461. The highest BCUT2D eigenvalue weighted by Crippen LogP contribution is 2.21. The normalized spacial score (nSPS) is 10.5. The van der Waals surface area contributed by atoms with Crippen molar-refractivity contribution < 1.29 is 9.53 Å². The molecule has 2 aromatic rings. The summed E-state index contributed by atoms with van der Waals surface area (Å²) in [7, 11) is 0. The van der Waals surface area contributed by atoms with Crippen LogP contribution in [0.25, 0.3) is 0 Å². The first-order chi connectivity index (χ1) is 11.5. The summed E-state index contributed by atoms with van der Waals surface area (Å²) in [5, 5.41) is 4.23. The highest BCUT2D eigenvalue weighted by Gasteiger charge is 2.03. The van der Waals surface area contributed by atoms with E-state index in [4.69, 9.17) is 27.9 Å². The number of nitrogens with one attached hydrogen (secondary N) is 1. The van der Waals surface area contributed by atoms with E-state index < -0.39 is 0 Å². The SMILES string of the molecule is Cc1ccc(OCCNC(=O)CSCc2ccc(Cl)cc2)cc1Cl. The summed E-state index contributed by atoms with van der Waals surface area (Å²) in [5.74, 6) is 1.90. The molecule has 0 fully saturated rings. The zero-order valence-electron chi connectivity index (χ0n) is 13.4. The quantitative estimate of drug-likeness (QED) is 0.669. The molecule has 128 valence electrons. The number of benzene rings is 2. The van der Waals surface area contributed by atoms with E-state index in [9.17, 15) is 4.79 Å². The Labute approximate surface area is 156 Å². The van der Waals surface area contributed by atoms with Gasteiger partial charge in [-0.1, -0.05) is 41.4 Å². The largest absolute Gasteiger partial charge is 0.492 e. The highest BCUT2D eigenvalue weighted by atomic mass is 35.5. The number of ether oxygens (including phenoxy) is 1. The molecule has 0 atom stereocenters. The minimum atomic E-state index is -0.000461. The highest BCUT2D eigenvalue weighted by molar-refractivity contribution is 7.99. The molecular weight excluding hydrogens is 365 g/mol. The molecule has 0 saturated heterocycles. The second-order valence-electron chi connectivity index (χ2n) is 5.23. The van der Waals surface area contributed by atoms with E-state index in [0.29, 0.717) is 29.7 Å². The van der Waals surface area contributed by atoms with Gasteiger partial charge in [0.25, 0.3) is 0 Å². The molecule has 24 heavy (non-hydrogen) atoms. The number of aryl methyl sites for hydroxylation is 1. The summed E-state index contributed by atoms with van der Waals surface area (Å²) in [5.41, 5.74) is 2.16. The minimum Gasteiger partial charge on any atom is -0.492 e. The zero-order valence-corrected chi connectivity index (χ0v) is 15.7. The molecule has 0 saturated carbocycles. The van der Waals surface area contributed by atoms with Crippen LogP contribution in [0, 0.1) is 6.92 Å². The number of amides is 1. The molecule has 1 amide bonds. The summed E-state index contributed by atoms with van der Waals surface area (Å²) in [4.78, 5) is 11.8. The van der Waals surface area contributed by atoms with Crippen LogP contribution in [0.5, 0.6) is 5.75 Å². The lowest BCUT2D eigenvalue weighted by Crippen LogP contribution is -2.29. The maximum absolute atomic E-state index is 11.8. The third kappa shape index (κ3) is 6.63. The van der Waals surface area contributed by atoms with E-state index in [2.05, 4.69) is 5.32 Å². The molecule has 2 rings (SSSR count). The van der Waals surface area contributed by atoms with Crippen LogP contribution in [-0.4, -0.2) is 24.8 Å². The Kier molecular flexibility index (Phi) is 7.76. The van der Waals surface area contributed by atoms with Gasteiger partial charge in [-0.25, -0.2) is 0 Å². The van der Waals surface area contributed by atoms with Gasteiger partial charge in [-0.3, -0.25) is 4.79 Å². The van der Waals surface area contributed by atoms with Crippen molar-refractivity contribution in [3.8, 4) is 5.75 Å². The number of thioether (sulfide) groups is 1. The monoisotopic (exact) mass is 383 g/mol. The van der Waals surface area contributed by atoms with Crippen LogP contribution in [0.2, 0.25) is 10.0 Å². The molecule has 3 nitrogen and oxygen atoms in total. The fourth-order valence-electron chi connectivity index (χ4n) is 1.92. The van der Waals surface area contributed by atoms with Gasteiger partial charge in [-0.05, 0) is 42.3 Å². The molecule has 0 aliphatic carbocycles. The van der Waals surface area contributed by atoms with Crippen LogP contribution < -0.4 is 10.1 Å². The summed E-state index contributed by atoms with van der Waals surface area (Å²) in [6.07, 6.45) is 0. The number of hydrogen-bond acceptors (Lipinski definition) is 3. The van der Waals surface area contributed by atoms with Gasteiger partial charge in [0.1, 0.15) is 12.4 Å². The van der Waals surface area contributed by atoms with Crippen molar-refractivity contribution in [2.75, 3.05) is 18.9 Å². The Morgan fingerprint density at radius 3 is 2.62 bits per heavy atom. The third-order valence-corrected chi connectivity index (χ3v) is 4.91. The third-order valence-electron chi connectivity index (χ3n) is 3.25. The predicted molar refractivity (Wildman–Crippen MR) is 102 cm³/mol. The molecule has 0 bridgehead atoms. The lowest BCUT2D eigenvalue weighted by molar-refractivity contribution is -0.118. The lowest BCUT2D eigenvalue weighted by Gasteiger charge is -2.09. The van der Waals surface area contributed by atoms with E-state index in [1.807, 2.05) is 43.3 Å². The van der Waals surface area contributed by atoms with Crippen LogP contribution in [0.3, 0.4) is 0 Å². The van der Waals surface area contributed by atoms with Crippen LogP contribution >= 0.6 is 35.0 Å². The van der Waals surface area contributed by atoms with Crippen molar-refractivity contribution in [2.45, 2.75) is 12.7 Å². The first-order valence-corrected chi connectivity index (χ1v) is 9.43. The standard InChI is InChI=1S/C18H19Cl2NO2S/c1-13-2-7-16(10-17(13)20)23-9-8-21-18(22)12-24-11-14-3-5-15(19)6-4-14/h2-7,10H,8-9,11-12H2,1H3,(H,21,22). The summed E-state index contributed by atoms with van der Waals surface area (Å²) >= 11 is 13.4. The molecule has 2 aromatic carbocycles. The second kappa shape index (κ2) is 9.82. The van der Waals surface area contributed by atoms with Gasteiger partial charge in [0.15, 0.2) is 0 Å². The van der Waals surface area contributed by atoms with Gasteiger partial charge >= 0.3 is 0 Å². The van der Waals surface area contributed by atoms with Gasteiger partial charge in [-0.2, -0.15) is 0 Å². The Morgan fingerprint density at radius 1 is 1.17 bits per heavy atom. The van der Waals surface area contributed by atoms with E-state index in [0.717, 1.165) is 21.9 Å². The summed E-state index contributed by atoms with van der Waals surface area (Å²) < 4.78 is 5.56. The van der Waals surface area contributed by atoms with Crippen molar-refractivity contribution in [2.24, 2.45) is 0 Å². The van der Waals surface area contributed by atoms with Crippen LogP contribution in [0.15, 0.2) is 42.5 Å². The average molecular weight is 384 g/mol. The van der Waals surface area contributed by atoms with E-state index >= 15 is 0 Å². The molecule has 0 aromatic heterocycles. The van der Waals surface area contributed by atoms with Gasteiger partial charge in [-0.15, -0.1) is 11.8 Å². The molecule has 0 spiro atoms. The van der Waals surface area contributed by atoms with Gasteiger partial charge in [0.2, 0.25) is 5.91 Å². The summed E-state index contributed by atoms with van der Waals surface area (Å²) in [6.45, 7) is 2.81. The Balaban J connectivity index is 1.59. The van der Waals surface area contributed by atoms with E-state index in [1.165, 1.54) is 0 Å². The molecule has 0 radical (unpaired) electrons. The molecular formula is C18H19Cl2NO2S. The van der Waals surface area contributed by atoms with E-state index in [1.54, 1.807) is 17.8 Å². The van der Waals surface area contributed by atoms with Crippen molar-refractivity contribution in [1.29, 1.82) is 0 Å². The van der Waals surface area contributed by atoms with Crippen molar-refractivity contribution in [3.63, 3.8) is 0 Å². The van der Waals surface area contributed by atoms with Gasteiger partial charge in [0.05, 0.1) is 12.3 Å². The van der Waals surface area contributed by atoms with Gasteiger partial charge in [0, 0.05) is 15.8 Å². The fourth-order valence-corrected chi connectivity index (χ4v) is 3.03. The lowest BCUT2D eigenvalue weighted by atomic mass is 10.2. The number of carbonyl (C=O) groups is 1. The maximum atomic E-state index is 11.8. The molecule has 0 unspecified atom stereocenters. The first-order valence-electron chi connectivity index (χ1n) is 7.52. The predicted octanol–water partition coefficient (Wildman–Crippen LogP) is 4.73. The molecule has 0 heterocycles. The van der Waals surface area contributed by atoms with Crippen molar-refractivity contribution in [3.05, 3.63) is 63.6 Å². The fraction of sp³-hybridized carbons (Fsp3) is 0.278. The summed E-state index contributed by atoms with van der Waals surface area (Å²) in [6, 6.07) is 13.2. The van der Waals surface area contributed by atoms with E-state index in [-0.39, 0.29) is 5.91 Å². The first kappa shape index (κ1) is 19.0. The molecule has 1 N–H and O–H groups in total. The molecule has 0 aliphatic heterocycles. The zero-order chi connectivity index (χ0) is 17.4. The number of halogens is 2. The molecule has 6 heteroatoms. The smallest absolute Gasteiger partial charge is 0.230 e.